The molecule has 2 aliphatic carbocycles. The van der Waals surface area contributed by atoms with E-state index in [2.05, 4.69) is 134 Å². The number of aryl methyl sites for hydroxylation is 3. The van der Waals surface area contributed by atoms with Gasteiger partial charge in [0.25, 0.3) is 11.8 Å². The number of nitrogen functional groups attached to an aromatic ring is 4. The standard InChI is InChI=1S/C23H26F2N6O.C23H28N6O.C22H23N7O/c1-14-7-15(8-16-12-30(2)6-4-19(14)16)20-11-27-21(26)22(29-20)31-13-18(10-28-31)32-17-3-5-23(24,25)9-17;1-15-9-16(10-17-13-28(2)8-7-20(15)17)21-12-25-22(24)23(27-21)29-14-19(11-26-29)30-18-5-3-4-6-18;1-13-7-15(8-16-11-29(2)6-4-17(13)16)19-10-27-21(25)22(28-19)30-12-14-3-5-26-20(24)18(14)9-23/h7-8,10-11,13,17H,3-6,9,12H2,1-2H3,(H2,26,27);9-12,14,18H,3-8,13H2,1-2H3,(H2,24,25);3,5,7-8,10H,4,6,11-12H2,1-2H3,(H2,24,26)(H2,25,27). The van der Waals surface area contributed by atoms with E-state index in [0.717, 1.165) is 99.5 Å². The summed E-state index contributed by atoms with van der Waals surface area (Å²) in [7, 11) is 6.41. The van der Waals surface area contributed by atoms with E-state index < -0.39 is 12.0 Å². The number of fused-ring (bicyclic) bond motifs is 3. The summed E-state index contributed by atoms with van der Waals surface area (Å²) in [6.45, 7) is 12.5. The number of halogens is 2. The van der Waals surface area contributed by atoms with Gasteiger partial charge in [-0.1, -0.05) is 0 Å². The van der Waals surface area contributed by atoms with Crippen molar-refractivity contribution in [3.8, 4) is 68.9 Å². The number of nitriles is 1. The first kappa shape index (κ1) is 62.5. The molecule has 9 heterocycles. The molecular formula is C68H77F2N19O3. The van der Waals surface area contributed by atoms with E-state index in [4.69, 9.17) is 47.1 Å². The number of rotatable bonds is 12. The van der Waals surface area contributed by atoms with Crippen molar-refractivity contribution >= 4 is 23.3 Å². The van der Waals surface area contributed by atoms with E-state index in [0.29, 0.717) is 46.6 Å². The SMILES string of the molecule is Cc1cc(-c2cnc(N)c(-n3cc(OC4CCC(F)(F)C4)cn3)n2)cc2c1CCN(C)C2.Cc1cc(-c2cnc(N)c(-n3cc(OC4CCCC4)cn3)n2)cc2c1CCN(C)C2.Cc1cc(-c2cnc(N)c(OCc3ccnc(N)c3C#N)n2)cc2c1CCN(C)C2. The number of benzene rings is 3. The molecule has 2 saturated carbocycles. The Morgan fingerprint density at radius 2 is 1.03 bits per heavy atom. The maximum absolute atomic E-state index is 13.4. The van der Waals surface area contributed by atoms with Crippen molar-refractivity contribution in [1.29, 1.82) is 5.26 Å². The van der Waals surface area contributed by atoms with E-state index in [9.17, 15) is 14.0 Å². The molecule has 14 rings (SSSR count). The fourth-order valence-corrected chi connectivity index (χ4v) is 12.9. The van der Waals surface area contributed by atoms with E-state index in [1.807, 2.05) is 6.20 Å². The molecule has 1 unspecified atom stereocenters. The van der Waals surface area contributed by atoms with Crippen molar-refractivity contribution in [2.45, 2.75) is 129 Å². The topological polar surface area (TPSA) is 291 Å². The van der Waals surface area contributed by atoms with E-state index >= 15 is 0 Å². The molecule has 0 saturated heterocycles. The van der Waals surface area contributed by atoms with Crippen LogP contribution in [-0.2, 0) is 45.5 Å². The minimum Gasteiger partial charge on any atom is -0.487 e. The fraction of sp³-hybridized carbons (Fsp3) is 0.382. The third kappa shape index (κ3) is 14.1. The number of hydrogen-bond acceptors (Lipinski definition) is 20. The second kappa shape index (κ2) is 26.6. The summed E-state index contributed by atoms with van der Waals surface area (Å²) in [4.78, 5) is 38.0. The van der Waals surface area contributed by atoms with Gasteiger partial charge in [0.2, 0.25) is 0 Å². The van der Waals surface area contributed by atoms with Crippen LogP contribution in [0.2, 0.25) is 0 Å². The Hall–Kier alpha value is -9.70. The van der Waals surface area contributed by atoms with Gasteiger partial charge in [0.1, 0.15) is 30.2 Å². The van der Waals surface area contributed by atoms with Crippen LogP contribution in [0.1, 0.15) is 106 Å². The van der Waals surface area contributed by atoms with Crippen molar-refractivity contribution in [3.63, 3.8) is 0 Å². The number of pyridine rings is 1. The van der Waals surface area contributed by atoms with E-state index in [-0.39, 0.29) is 54.4 Å². The Bertz CT molecular complexity index is 4230. The van der Waals surface area contributed by atoms with Gasteiger partial charge in [-0.2, -0.15) is 15.5 Å². The number of hydrogen-bond donors (Lipinski definition) is 4. The number of ether oxygens (including phenoxy) is 3. The van der Waals surface area contributed by atoms with Crippen LogP contribution < -0.4 is 37.1 Å². The molecule has 22 nitrogen and oxygen atoms in total. The molecule has 8 N–H and O–H groups in total. The smallest absolute Gasteiger partial charge is 0.258 e. The molecule has 0 amide bonds. The highest BCUT2D eigenvalue weighted by Crippen LogP contribution is 2.38. The normalized spacial score (nSPS) is 17.1. The quantitative estimate of drug-likeness (QED) is 0.0884. The second-order valence-corrected chi connectivity index (χ2v) is 24.9. The molecule has 9 aromatic rings. The lowest BCUT2D eigenvalue weighted by Gasteiger charge is -2.27. The predicted octanol–water partition coefficient (Wildman–Crippen LogP) is 9.75. The number of nitrogens with zero attached hydrogens (tertiary/aromatic N) is 15. The number of anilines is 4. The molecule has 3 aromatic carbocycles. The summed E-state index contributed by atoms with van der Waals surface area (Å²) in [5.74, 6) is 0.561. The third-order valence-corrected chi connectivity index (χ3v) is 17.8. The van der Waals surface area contributed by atoms with Crippen LogP contribution in [-0.4, -0.2) is 128 Å². The molecule has 1 atom stereocenters. The zero-order valence-corrected chi connectivity index (χ0v) is 52.8. The summed E-state index contributed by atoms with van der Waals surface area (Å²) >= 11 is 0. The highest BCUT2D eigenvalue weighted by molar-refractivity contribution is 5.68. The van der Waals surface area contributed by atoms with Gasteiger partial charge in [-0.3, -0.25) is 0 Å². The van der Waals surface area contributed by atoms with Crippen LogP contribution in [0.25, 0.3) is 45.4 Å². The molecule has 0 spiro atoms. The predicted molar refractivity (Wildman–Crippen MR) is 348 cm³/mol. The summed E-state index contributed by atoms with van der Waals surface area (Å²) < 4.78 is 47.6. The number of likely N-dealkylation sites (N-methyl/N-ethyl adjacent to an activating group) is 3. The first-order chi connectivity index (χ1) is 44.3. The average molecular weight is 1250 g/mol. The minimum absolute atomic E-state index is 0.0892. The number of nitrogens with two attached hydrogens (primary N) is 4. The van der Waals surface area contributed by atoms with Gasteiger partial charge in [-0.15, -0.1) is 0 Å². The molecule has 92 heavy (non-hydrogen) atoms. The maximum atomic E-state index is 13.4. The zero-order chi connectivity index (χ0) is 64.4. The Morgan fingerprint density at radius 3 is 1.49 bits per heavy atom. The Kier molecular flexibility index (Phi) is 18.1. The van der Waals surface area contributed by atoms with Gasteiger partial charge in [-0.25, -0.2) is 53.0 Å². The Balaban J connectivity index is 0.000000133. The van der Waals surface area contributed by atoms with E-state index in [1.54, 1.807) is 41.7 Å². The molecular weight excluding hydrogens is 1170 g/mol. The summed E-state index contributed by atoms with van der Waals surface area (Å²) in [6, 6.07) is 16.8. The molecule has 24 heteroatoms. The second-order valence-electron chi connectivity index (χ2n) is 24.9. The lowest BCUT2D eigenvalue weighted by atomic mass is 9.92. The van der Waals surface area contributed by atoms with Crippen LogP contribution in [0.15, 0.2) is 92.0 Å². The van der Waals surface area contributed by atoms with Crippen molar-refractivity contribution in [3.05, 3.63) is 153 Å². The average Bonchev–Trinajstić information content (AvgIpc) is 1.18. The lowest BCUT2D eigenvalue weighted by molar-refractivity contribution is -0.00107. The van der Waals surface area contributed by atoms with Gasteiger partial charge in [-0.05, 0) is 186 Å². The van der Waals surface area contributed by atoms with Crippen LogP contribution in [0.4, 0.5) is 32.1 Å². The zero-order valence-electron chi connectivity index (χ0n) is 52.8. The monoisotopic (exact) mass is 1250 g/mol. The fourth-order valence-electron chi connectivity index (χ4n) is 12.9. The summed E-state index contributed by atoms with van der Waals surface area (Å²) in [5, 5.41) is 18.0. The van der Waals surface area contributed by atoms with Crippen LogP contribution in [0, 0.1) is 32.1 Å². The Morgan fingerprint density at radius 1 is 0.576 bits per heavy atom. The Labute approximate surface area is 533 Å². The minimum atomic E-state index is -2.66. The van der Waals surface area contributed by atoms with Crippen molar-refractivity contribution < 1.29 is 23.0 Å². The summed E-state index contributed by atoms with van der Waals surface area (Å²) in [5.41, 5.74) is 42.1. The highest BCUT2D eigenvalue weighted by Gasteiger charge is 2.41. The molecule has 0 radical (unpaired) electrons. The van der Waals surface area contributed by atoms with Crippen molar-refractivity contribution in [2.24, 2.45) is 0 Å². The third-order valence-electron chi connectivity index (χ3n) is 17.8. The van der Waals surface area contributed by atoms with Gasteiger partial charge in [0, 0.05) is 80.6 Å². The molecule has 3 aliphatic heterocycles. The van der Waals surface area contributed by atoms with Crippen LogP contribution in [0.3, 0.4) is 0 Å². The van der Waals surface area contributed by atoms with Crippen LogP contribution in [0.5, 0.6) is 17.4 Å². The lowest BCUT2D eigenvalue weighted by Crippen LogP contribution is -2.27. The van der Waals surface area contributed by atoms with Gasteiger partial charge >= 0.3 is 0 Å². The highest BCUT2D eigenvalue weighted by atomic mass is 19.3. The molecule has 0 bridgehead atoms. The molecule has 476 valence electrons. The van der Waals surface area contributed by atoms with Gasteiger partial charge in [0.05, 0.1) is 66.6 Å². The molecule has 2 fully saturated rings. The number of aromatic nitrogens is 11. The van der Waals surface area contributed by atoms with Gasteiger partial charge < -0.3 is 51.8 Å². The largest absolute Gasteiger partial charge is 0.487 e. The first-order valence-corrected chi connectivity index (χ1v) is 31.2. The maximum Gasteiger partial charge on any atom is 0.258 e. The van der Waals surface area contributed by atoms with E-state index in [1.165, 1.54) is 80.0 Å². The van der Waals surface area contributed by atoms with Gasteiger partial charge in [0.15, 0.2) is 40.6 Å². The van der Waals surface area contributed by atoms with Crippen molar-refractivity contribution in [1.82, 2.24) is 69.1 Å². The molecule has 5 aliphatic rings. The first-order valence-electron chi connectivity index (χ1n) is 31.2. The summed E-state index contributed by atoms with van der Waals surface area (Å²) in [6.07, 6.45) is 20.8. The van der Waals surface area contributed by atoms with Crippen molar-refractivity contribution in [2.75, 3.05) is 63.7 Å². The molecule has 6 aromatic heterocycles. The number of alkyl halides is 2. The van der Waals surface area contributed by atoms with Crippen LogP contribution >= 0.6 is 0 Å².